The van der Waals surface area contributed by atoms with E-state index in [0.717, 1.165) is 18.4 Å². The van der Waals surface area contributed by atoms with Crippen molar-refractivity contribution >= 4 is 0 Å². The Morgan fingerprint density at radius 1 is 1.24 bits per heavy atom. The Bertz CT molecular complexity index is 486. The Labute approximate surface area is 129 Å². The lowest BCUT2D eigenvalue weighted by Gasteiger charge is -2.46. The van der Waals surface area contributed by atoms with E-state index in [1.165, 1.54) is 57.8 Å². The average molecular weight is 286 g/mol. The maximum absolute atomic E-state index is 5.90. The number of fused-ring (bicyclic) bond motifs is 4. The number of ether oxygens (including phenoxy) is 1. The van der Waals surface area contributed by atoms with Crippen LogP contribution in [-0.2, 0) is 4.74 Å². The van der Waals surface area contributed by atoms with Gasteiger partial charge < -0.3 is 4.74 Å². The summed E-state index contributed by atoms with van der Waals surface area (Å²) in [7, 11) is 0. The van der Waals surface area contributed by atoms with E-state index in [2.05, 4.69) is 19.9 Å². The minimum atomic E-state index is 0.506. The van der Waals surface area contributed by atoms with Gasteiger partial charge in [0.15, 0.2) is 0 Å². The maximum Gasteiger partial charge on any atom is 0.0615 e. The van der Waals surface area contributed by atoms with Gasteiger partial charge in [0.05, 0.1) is 6.10 Å². The summed E-state index contributed by atoms with van der Waals surface area (Å²) in [6.45, 7) is 5.57. The van der Waals surface area contributed by atoms with Gasteiger partial charge >= 0.3 is 0 Å². The smallest absolute Gasteiger partial charge is 0.0615 e. The molecule has 4 atom stereocenters. The van der Waals surface area contributed by atoms with Crippen molar-refractivity contribution in [3.8, 4) is 0 Å². The Morgan fingerprint density at radius 2 is 2.14 bits per heavy atom. The van der Waals surface area contributed by atoms with E-state index in [1.54, 1.807) is 16.7 Å². The summed E-state index contributed by atoms with van der Waals surface area (Å²) in [5, 5.41) is 0. The standard InChI is InChI=1S/C20H30O/c1-3-21-15-7-9-16-14(13-15)6-8-18-17(16)10-12-20(2)11-4-5-19(18)20/h10,15,18-19H,3-9,11-13H2,1-2H3. The molecule has 0 spiro atoms. The largest absolute Gasteiger partial charge is 0.378 e. The Hall–Kier alpha value is -0.560. The fourth-order valence-electron chi connectivity index (χ4n) is 5.91. The predicted molar refractivity (Wildman–Crippen MR) is 87.2 cm³/mol. The lowest BCUT2D eigenvalue weighted by atomic mass is 9.59. The first kappa shape index (κ1) is 14.1. The molecule has 21 heavy (non-hydrogen) atoms. The van der Waals surface area contributed by atoms with Crippen molar-refractivity contribution in [3.05, 3.63) is 22.8 Å². The topological polar surface area (TPSA) is 9.23 Å². The molecule has 0 aromatic rings. The molecule has 0 bridgehead atoms. The molecule has 4 unspecified atom stereocenters. The van der Waals surface area contributed by atoms with E-state index < -0.39 is 0 Å². The molecular weight excluding hydrogens is 256 g/mol. The van der Waals surface area contributed by atoms with Crippen molar-refractivity contribution in [1.82, 2.24) is 0 Å². The van der Waals surface area contributed by atoms with Gasteiger partial charge in [0.1, 0.15) is 0 Å². The molecular formula is C20H30O. The van der Waals surface area contributed by atoms with Crippen molar-refractivity contribution in [1.29, 1.82) is 0 Å². The van der Waals surface area contributed by atoms with Crippen molar-refractivity contribution < 1.29 is 4.74 Å². The molecule has 4 aliphatic rings. The van der Waals surface area contributed by atoms with Crippen LogP contribution in [0.2, 0.25) is 0 Å². The van der Waals surface area contributed by atoms with Crippen LogP contribution in [0.3, 0.4) is 0 Å². The van der Waals surface area contributed by atoms with Crippen molar-refractivity contribution in [2.24, 2.45) is 17.3 Å². The first-order chi connectivity index (χ1) is 10.2. The number of allylic oxidation sites excluding steroid dienone is 3. The third-order valence-electron chi connectivity index (χ3n) is 6.96. The minimum Gasteiger partial charge on any atom is -0.378 e. The van der Waals surface area contributed by atoms with Gasteiger partial charge in [0.25, 0.3) is 0 Å². The summed E-state index contributed by atoms with van der Waals surface area (Å²) < 4.78 is 5.90. The van der Waals surface area contributed by atoms with Crippen LogP contribution >= 0.6 is 0 Å². The first-order valence-electron chi connectivity index (χ1n) is 9.24. The highest BCUT2D eigenvalue weighted by Gasteiger charge is 2.47. The summed E-state index contributed by atoms with van der Waals surface area (Å²) in [6, 6.07) is 0. The molecule has 1 saturated carbocycles. The summed E-state index contributed by atoms with van der Waals surface area (Å²) in [5.74, 6) is 1.88. The van der Waals surface area contributed by atoms with E-state index in [4.69, 9.17) is 4.74 Å². The monoisotopic (exact) mass is 286 g/mol. The third kappa shape index (κ3) is 2.23. The fraction of sp³-hybridized carbons (Fsp3) is 0.800. The highest BCUT2D eigenvalue weighted by molar-refractivity contribution is 5.44. The zero-order valence-electron chi connectivity index (χ0n) is 13.8. The van der Waals surface area contributed by atoms with Crippen LogP contribution in [0.4, 0.5) is 0 Å². The Balaban J connectivity index is 1.61. The molecule has 0 saturated heterocycles. The highest BCUT2D eigenvalue weighted by atomic mass is 16.5. The van der Waals surface area contributed by atoms with E-state index in [-0.39, 0.29) is 0 Å². The van der Waals surface area contributed by atoms with Gasteiger partial charge in [0.2, 0.25) is 0 Å². The van der Waals surface area contributed by atoms with Gasteiger partial charge in [0, 0.05) is 6.61 Å². The summed E-state index contributed by atoms with van der Waals surface area (Å²) in [5.41, 5.74) is 5.95. The van der Waals surface area contributed by atoms with Crippen molar-refractivity contribution in [2.75, 3.05) is 6.61 Å². The van der Waals surface area contributed by atoms with E-state index in [0.29, 0.717) is 11.5 Å². The van der Waals surface area contributed by atoms with Crippen LogP contribution in [0, 0.1) is 17.3 Å². The molecule has 0 amide bonds. The average Bonchev–Trinajstić information content (AvgIpc) is 2.89. The number of hydrogen-bond donors (Lipinski definition) is 0. The normalized spacial score (nSPS) is 42.2. The molecule has 0 N–H and O–H groups in total. The Morgan fingerprint density at radius 3 is 3.00 bits per heavy atom. The molecule has 0 aromatic carbocycles. The highest BCUT2D eigenvalue weighted by Crippen LogP contribution is 2.58. The zero-order chi connectivity index (χ0) is 14.4. The van der Waals surface area contributed by atoms with Gasteiger partial charge in [-0.3, -0.25) is 0 Å². The second-order valence-corrected chi connectivity index (χ2v) is 8.06. The Kier molecular flexibility index (Phi) is 3.52. The van der Waals surface area contributed by atoms with Crippen LogP contribution in [0.25, 0.3) is 0 Å². The zero-order valence-corrected chi connectivity index (χ0v) is 13.8. The molecule has 1 fully saturated rings. The predicted octanol–water partition coefficient (Wildman–Crippen LogP) is 5.42. The molecule has 1 heteroatoms. The fourth-order valence-corrected chi connectivity index (χ4v) is 5.91. The van der Waals surface area contributed by atoms with Crippen LogP contribution in [0.1, 0.15) is 71.6 Å². The molecule has 0 heterocycles. The van der Waals surface area contributed by atoms with Gasteiger partial charge in [-0.15, -0.1) is 0 Å². The quantitative estimate of drug-likeness (QED) is 0.658. The third-order valence-corrected chi connectivity index (χ3v) is 6.96. The van der Waals surface area contributed by atoms with Gasteiger partial charge in [-0.05, 0) is 86.7 Å². The van der Waals surface area contributed by atoms with E-state index in [1.807, 2.05) is 0 Å². The van der Waals surface area contributed by atoms with Crippen LogP contribution in [-0.4, -0.2) is 12.7 Å². The second-order valence-electron chi connectivity index (χ2n) is 8.06. The number of rotatable bonds is 2. The summed E-state index contributed by atoms with van der Waals surface area (Å²) >= 11 is 0. The van der Waals surface area contributed by atoms with E-state index >= 15 is 0 Å². The second kappa shape index (κ2) is 5.26. The summed E-state index contributed by atoms with van der Waals surface area (Å²) in [6.07, 6.45) is 15.5. The van der Waals surface area contributed by atoms with Gasteiger partial charge in [-0.1, -0.05) is 25.0 Å². The SMILES string of the molecule is CCOC1CCC2=C(CCC3C2=CCC2(C)CCCC32)C1. The lowest BCUT2D eigenvalue weighted by molar-refractivity contribution is 0.0509. The van der Waals surface area contributed by atoms with Crippen LogP contribution < -0.4 is 0 Å². The molecule has 4 rings (SSSR count). The first-order valence-corrected chi connectivity index (χ1v) is 9.24. The molecule has 1 nitrogen and oxygen atoms in total. The molecule has 116 valence electrons. The number of hydrogen-bond acceptors (Lipinski definition) is 1. The van der Waals surface area contributed by atoms with Crippen molar-refractivity contribution in [3.63, 3.8) is 0 Å². The van der Waals surface area contributed by atoms with E-state index in [9.17, 15) is 0 Å². The minimum absolute atomic E-state index is 0.506. The molecule has 0 aromatic heterocycles. The molecule has 0 radical (unpaired) electrons. The molecule has 0 aliphatic heterocycles. The lowest BCUT2D eigenvalue weighted by Crippen LogP contribution is -2.36. The van der Waals surface area contributed by atoms with Gasteiger partial charge in [-0.25, -0.2) is 0 Å². The van der Waals surface area contributed by atoms with Crippen LogP contribution in [0.15, 0.2) is 22.8 Å². The summed E-state index contributed by atoms with van der Waals surface area (Å²) in [4.78, 5) is 0. The van der Waals surface area contributed by atoms with Crippen molar-refractivity contribution in [2.45, 2.75) is 77.7 Å². The maximum atomic E-state index is 5.90. The molecule has 4 aliphatic carbocycles. The van der Waals surface area contributed by atoms with Crippen LogP contribution in [0.5, 0.6) is 0 Å². The van der Waals surface area contributed by atoms with Gasteiger partial charge in [-0.2, -0.15) is 0 Å².